The number of hydrogen-bond acceptors (Lipinski definition) is 3. The molecule has 0 saturated carbocycles. The number of oxazole rings is 1. The fourth-order valence-corrected chi connectivity index (χ4v) is 2.50. The first kappa shape index (κ1) is 13.0. The van der Waals surface area contributed by atoms with Gasteiger partial charge >= 0.3 is 5.76 Å². The lowest BCUT2D eigenvalue weighted by Crippen LogP contribution is -2.00. The van der Waals surface area contributed by atoms with Crippen LogP contribution in [0.2, 0.25) is 5.02 Å². The summed E-state index contributed by atoms with van der Waals surface area (Å²) < 4.78 is 4.99. The molecule has 0 amide bonds. The van der Waals surface area contributed by atoms with Gasteiger partial charge in [0, 0.05) is 10.6 Å². The molecule has 5 heteroatoms. The first-order chi connectivity index (χ1) is 9.54. The summed E-state index contributed by atoms with van der Waals surface area (Å²) in [5.41, 5.74) is 3.27. The zero-order valence-corrected chi connectivity index (χ0v) is 11.4. The molecule has 1 atom stereocenters. The summed E-state index contributed by atoms with van der Waals surface area (Å²) in [5.74, 6) is -0.514. The second-order valence-electron chi connectivity index (χ2n) is 4.70. The number of rotatable bonds is 2. The van der Waals surface area contributed by atoms with Crippen molar-refractivity contribution in [3.63, 3.8) is 0 Å². The number of aliphatic hydroxyl groups is 1. The number of fused-ring (bicyclic) bond motifs is 1. The molecule has 1 heterocycles. The highest BCUT2D eigenvalue weighted by atomic mass is 35.5. The van der Waals surface area contributed by atoms with E-state index >= 15 is 0 Å². The lowest BCUT2D eigenvalue weighted by molar-refractivity contribution is 0.220. The highest BCUT2D eigenvalue weighted by Crippen LogP contribution is 2.30. The minimum Gasteiger partial charge on any atom is -0.408 e. The Balaban J connectivity index is 2.06. The summed E-state index contributed by atoms with van der Waals surface area (Å²) in [7, 11) is 0. The molecular formula is C15H12ClNO3. The van der Waals surface area contributed by atoms with Gasteiger partial charge in [0.1, 0.15) is 6.10 Å². The average Bonchev–Trinajstić information content (AvgIpc) is 2.77. The number of aryl methyl sites for hydroxylation is 1. The summed E-state index contributed by atoms with van der Waals surface area (Å²) in [6.07, 6.45) is -0.868. The Morgan fingerprint density at radius 1 is 1.25 bits per heavy atom. The summed E-state index contributed by atoms with van der Waals surface area (Å²) in [4.78, 5) is 13.7. The van der Waals surface area contributed by atoms with Crippen LogP contribution in [0, 0.1) is 6.92 Å². The van der Waals surface area contributed by atoms with Crippen LogP contribution >= 0.6 is 11.6 Å². The molecule has 3 aromatic rings. The number of hydrogen-bond donors (Lipinski definition) is 2. The van der Waals surface area contributed by atoms with E-state index in [0.717, 1.165) is 5.56 Å². The van der Waals surface area contributed by atoms with Gasteiger partial charge < -0.3 is 9.52 Å². The zero-order valence-electron chi connectivity index (χ0n) is 10.7. The molecule has 1 unspecified atom stereocenters. The molecule has 2 N–H and O–H groups in total. The van der Waals surface area contributed by atoms with Crippen molar-refractivity contribution >= 4 is 22.7 Å². The monoisotopic (exact) mass is 289 g/mol. The maximum atomic E-state index is 11.1. The second kappa shape index (κ2) is 4.81. The molecule has 0 spiro atoms. The molecule has 0 bridgehead atoms. The number of aromatic amines is 1. The Labute approximate surface area is 119 Å². The van der Waals surface area contributed by atoms with Gasteiger partial charge in [-0.1, -0.05) is 29.8 Å². The SMILES string of the molecule is Cc1ccc(C(O)c2ccc3[nH]c(=O)oc3c2)c(Cl)c1. The van der Waals surface area contributed by atoms with Crippen molar-refractivity contribution in [2.24, 2.45) is 0 Å². The van der Waals surface area contributed by atoms with E-state index in [4.69, 9.17) is 16.0 Å². The maximum absolute atomic E-state index is 11.1. The Morgan fingerprint density at radius 3 is 2.80 bits per heavy atom. The third-order valence-electron chi connectivity index (χ3n) is 3.21. The van der Waals surface area contributed by atoms with Crippen molar-refractivity contribution in [1.82, 2.24) is 4.98 Å². The van der Waals surface area contributed by atoms with E-state index < -0.39 is 11.9 Å². The molecule has 0 saturated heterocycles. The van der Waals surface area contributed by atoms with Crippen molar-refractivity contribution in [3.05, 3.63) is 68.7 Å². The van der Waals surface area contributed by atoms with Crippen LogP contribution in [0.15, 0.2) is 45.6 Å². The van der Waals surface area contributed by atoms with E-state index in [-0.39, 0.29) is 0 Å². The van der Waals surface area contributed by atoms with Crippen molar-refractivity contribution < 1.29 is 9.52 Å². The maximum Gasteiger partial charge on any atom is 0.417 e. The normalized spacial score (nSPS) is 12.8. The van der Waals surface area contributed by atoms with E-state index in [1.54, 1.807) is 30.3 Å². The van der Waals surface area contributed by atoms with Crippen molar-refractivity contribution in [2.75, 3.05) is 0 Å². The van der Waals surface area contributed by atoms with Crippen LogP contribution in [0.4, 0.5) is 0 Å². The lowest BCUT2D eigenvalue weighted by atomic mass is 10.0. The van der Waals surface area contributed by atoms with Gasteiger partial charge in [0.05, 0.1) is 5.52 Å². The number of benzene rings is 2. The molecule has 1 aromatic heterocycles. The van der Waals surface area contributed by atoms with Crippen LogP contribution in [0.3, 0.4) is 0 Å². The van der Waals surface area contributed by atoms with Gasteiger partial charge in [-0.05, 0) is 36.2 Å². The fourth-order valence-electron chi connectivity index (χ4n) is 2.17. The van der Waals surface area contributed by atoms with Gasteiger partial charge in [-0.15, -0.1) is 0 Å². The largest absolute Gasteiger partial charge is 0.417 e. The van der Waals surface area contributed by atoms with Crippen molar-refractivity contribution in [3.8, 4) is 0 Å². The van der Waals surface area contributed by atoms with Crippen molar-refractivity contribution in [2.45, 2.75) is 13.0 Å². The van der Waals surface area contributed by atoms with Crippen LogP contribution in [0.25, 0.3) is 11.1 Å². The van der Waals surface area contributed by atoms with E-state index in [0.29, 0.717) is 27.2 Å². The van der Waals surface area contributed by atoms with Crippen LogP contribution in [0.1, 0.15) is 22.8 Å². The van der Waals surface area contributed by atoms with E-state index in [2.05, 4.69) is 4.98 Å². The molecule has 0 aliphatic heterocycles. The predicted octanol–water partition coefficient (Wildman–Crippen LogP) is 3.16. The van der Waals surface area contributed by atoms with E-state index in [9.17, 15) is 9.90 Å². The van der Waals surface area contributed by atoms with E-state index in [1.165, 1.54) is 0 Å². The second-order valence-corrected chi connectivity index (χ2v) is 5.10. The number of nitrogens with one attached hydrogen (secondary N) is 1. The molecule has 0 radical (unpaired) electrons. The summed E-state index contributed by atoms with van der Waals surface area (Å²) in [5, 5.41) is 10.9. The van der Waals surface area contributed by atoms with Gasteiger partial charge in [0.25, 0.3) is 0 Å². The minimum absolute atomic E-state index is 0.412. The van der Waals surface area contributed by atoms with Gasteiger partial charge in [0.2, 0.25) is 0 Å². The van der Waals surface area contributed by atoms with Crippen LogP contribution in [-0.4, -0.2) is 10.1 Å². The number of H-pyrrole nitrogens is 1. The van der Waals surface area contributed by atoms with Gasteiger partial charge in [-0.3, -0.25) is 4.98 Å². The summed E-state index contributed by atoms with van der Waals surface area (Å²) in [6, 6.07) is 10.5. The zero-order chi connectivity index (χ0) is 14.3. The Bertz CT molecular complexity index is 834. The molecular weight excluding hydrogens is 278 g/mol. The Kier molecular flexibility index (Phi) is 3.12. The lowest BCUT2D eigenvalue weighted by Gasteiger charge is -2.13. The average molecular weight is 290 g/mol. The van der Waals surface area contributed by atoms with Crippen LogP contribution in [0.5, 0.6) is 0 Å². The minimum atomic E-state index is -0.868. The first-order valence-electron chi connectivity index (χ1n) is 6.11. The van der Waals surface area contributed by atoms with Crippen molar-refractivity contribution in [1.29, 1.82) is 0 Å². The number of aliphatic hydroxyl groups excluding tert-OH is 1. The number of aromatic nitrogens is 1. The van der Waals surface area contributed by atoms with Gasteiger partial charge in [-0.25, -0.2) is 4.79 Å². The predicted molar refractivity (Wildman–Crippen MR) is 77.1 cm³/mol. The highest BCUT2D eigenvalue weighted by Gasteiger charge is 2.15. The third-order valence-corrected chi connectivity index (χ3v) is 3.54. The molecule has 0 aliphatic carbocycles. The standard InChI is InChI=1S/C15H12ClNO3/c1-8-2-4-10(11(16)6-8)14(18)9-3-5-12-13(7-9)20-15(19)17-12/h2-7,14,18H,1H3,(H,17,19). The molecule has 0 aliphatic rings. The Morgan fingerprint density at radius 2 is 2.05 bits per heavy atom. The van der Waals surface area contributed by atoms with Gasteiger partial charge in [-0.2, -0.15) is 0 Å². The highest BCUT2D eigenvalue weighted by molar-refractivity contribution is 6.31. The molecule has 3 rings (SSSR count). The Hall–Kier alpha value is -2.04. The number of halogens is 1. The van der Waals surface area contributed by atoms with Crippen LogP contribution in [-0.2, 0) is 0 Å². The van der Waals surface area contributed by atoms with Crippen LogP contribution < -0.4 is 5.76 Å². The van der Waals surface area contributed by atoms with Gasteiger partial charge in [0.15, 0.2) is 5.58 Å². The summed E-state index contributed by atoms with van der Waals surface area (Å²) >= 11 is 6.16. The first-order valence-corrected chi connectivity index (χ1v) is 6.49. The molecule has 0 fully saturated rings. The summed E-state index contributed by atoms with van der Waals surface area (Å²) in [6.45, 7) is 1.93. The molecule has 102 valence electrons. The molecule has 2 aromatic carbocycles. The fraction of sp³-hybridized carbons (Fsp3) is 0.133. The molecule has 4 nitrogen and oxygen atoms in total. The quantitative estimate of drug-likeness (QED) is 0.761. The topological polar surface area (TPSA) is 66.2 Å². The molecule has 20 heavy (non-hydrogen) atoms. The third kappa shape index (κ3) is 2.24. The van der Waals surface area contributed by atoms with E-state index in [1.807, 2.05) is 13.0 Å². The smallest absolute Gasteiger partial charge is 0.408 e.